The van der Waals surface area contributed by atoms with Crippen molar-refractivity contribution in [3.05, 3.63) is 0 Å². The predicted octanol–water partition coefficient (Wildman–Crippen LogP) is 4.97. The van der Waals surface area contributed by atoms with Crippen LogP contribution in [0.1, 0.15) is 97.3 Å². The maximum absolute atomic E-state index is 11.4. The minimum atomic E-state index is -0.250. The van der Waals surface area contributed by atoms with Gasteiger partial charge in [0.1, 0.15) is 6.10 Å². The van der Waals surface area contributed by atoms with E-state index in [4.69, 9.17) is 10.5 Å². The molecule has 0 aromatic carbocycles. The lowest BCUT2D eigenvalue weighted by Gasteiger charge is -2.17. The summed E-state index contributed by atoms with van der Waals surface area (Å²) in [6, 6.07) is 0. The number of nitrogens with two attached hydrogens (primary N) is 1. The average molecular weight is 299 g/mol. The molecule has 0 amide bonds. The molecule has 3 heteroatoms. The second kappa shape index (κ2) is 15.8. The first-order chi connectivity index (χ1) is 10.2. The van der Waals surface area contributed by atoms with Gasteiger partial charge in [-0.1, -0.05) is 71.6 Å². The minimum Gasteiger partial charge on any atom is -0.461 e. The molecule has 2 N–H and O–H groups in total. The first-order valence-electron chi connectivity index (χ1n) is 9.14. The molecule has 0 heterocycles. The van der Waals surface area contributed by atoms with E-state index in [1.165, 1.54) is 70.6 Å². The molecule has 0 rings (SSSR count). The third kappa shape index (κ3) is 14.1. The van der Waals surface area contributed by atoms with Crippen molar-refractivity contribution in [3.63, 3.8) is 0 Å². The Bertz CT molecular complexity index is 231. The molecule has 3 nitrogen and oxygen atoms in total. The van der Waals surface area contributed by atoms with Crippen LogP contribution in [0.15, 0.2) is 0 Å². The Labute approximate surface area is 132 Å². The fourth-order valence-corrected chi connectivity index (χ4v) is 2.62. The third-order valence-electron chi connectivity index (χ3n) is 3.97. The first-order valence-corrected chi connectivity index (χ1v) is 9.14. The predicted molar refractivity (Wildman–Crippen MR) is 90.3 cm³/mol. The zero-order valence-corrected chi connectivity index (χ0v) is 14.4. The number of hydrogen-bond donors (Lipinski definition) is 1. The van der Waals surface area contributed by atoms with Crippen molar-refractivity contribution in [2.24, 2.45) is 5.73 Å². The van der Waals surface area contributed by atoms with Crippen LogP contribution in [0.2, 0.25) is 0 Å². The highest BCUT2D eigenvalue weighted by Gasteiger charge is 2.12. The minimum absolute atomic E-state index is 0.00281. The topological polar surface area (TPSA) is 52.3 Å². The Kier molecular flexibility index (Phi) is 15.4. The molecule has 1 unspecified atom stereocenters. The second-order valence-corrected chi connectivity index (χ2v) is 6.08. The summed E-state index contributed by atoms with van der Waals surface area (Å²) in [5.41, 5.74) is 5.35. The molecule has 0 aliphatic rings. The van der Waals surface area contributed by atoms with E-state index in [2.05, 4.69) is 13.8 Å². The molecule has 1 atom stereocenters. The van der Waals surface area contributed by atoms with Gasteiger partial charge < -0.3 is 10.5 Å². The molecule has 0 spiro atoms. The van der Waals surface area contributed by atoms with Gasteiger partial charge in [-0.2, -0.15) is 0 Å². The molecular formula is C18H37NO2. The van der Waals surface area contributed by atoms with E-state index < -0.39 is 0 Å². The van der Waals surface area contributed by atoms with Crippen LogP contribution in [-0.4, -0.2) is 18.6 Å². The maximum Gasteiger partial charge on any atom is 0.319 e. The molecule has 0 radical (unpaired) electrons. The van der Waals surface area contributed by atoms with Crippen LogP contribution in [0.5, 0.6) is 0 Å². The van der Waals surface area contributed by atoms with Gasteiger partial charge in [0.15, 0.2) is 0 Å². The van der Waals surface area contributed by atoms with Crippen LogP contribution < -0.4 is 5.73 Å². The Balaban J connectivity index is 3.77. The summed E-state index contributed by atoms with van der Waals surface area (Å²) >= 11 is 0. The number of esters is 1. The van der Waals surface area contributed by atoms with Gasteiger partial charge in [0.05, 0.1) is 6.54 Å². The smallest absolute Gasteiger partial charge is 0.319 e. The number of rotatable bonds is 15. The molecule has 21 heavy (non-hydrogen) atoms. The standard InChI is InChI=1S/C18H37NO2/c1-3-5-7-9-11-13-15-17(21-18(20)16-19)14-12-10-8-6-4-2/h17H,3-16,19H2,1-2H3. The summed E-state index contributed by atoms with van der Waals surface area (Å²) in [4.78, 5) is 11.4. The summed E-state index contributed by atoms with van der Waals surface area (Å²) in [7, 11) is 0. The van der Waals surface area contributed by atoms with Crippen LogP contribution in [-0.2, 0) is 9.53 Å². The van der Waals surface area contributed by atoms with Crippen LogP contribution in [0, 0.1) is 0 Å². The molecular weight excluding hydrogens is 262 g/mol. The molecule has 0 saturated carbocycles. The third-order valence-corrected chi connectivity index (χ3v) is 3.97. The van der Waals surface area contributed by atoms with Gasteiger partial charge in [-0.15, -0.1) is 0 Å². The maximum atomic E-state index is 11.4. The number of unbranched alkanes of at least 4 members (excludes halogenated alkanes) is 9. The molecule has 126 valence electrons. The Morgan fingerprint density at radius 3 is 1.67 bits per heavy atom. The highest BCUT2D eigenvalue weighted by molar-refractivity contribution is 5.71. The average Bonchev–Trinajstić information content (AvgIpc) is 2.49. The molecule has 0 saturated heterocycles. The van der Waals surface area contributed by atoms with Gasteiger partial charge in [-0.05, 0) is 25.7 Å². The van der Waals surface area contributed by atoms with Crippen LogP contribution in [0.3, 0.4) is 0 Å². The van der Waals surface area contributed by atoms with Gasteiger partial charge in [0.25, 0.3) is 0 Å². The highest BCUT2D eigenvalue weighted by atomic mass is 16.5. The fraction of sp³-hybridized carbons (Fsp3) is 0.944. The van der Waals surface area contributed by atoms with Crippen molar-refractivity contribution in [1.29, 1.82) is 0 Å². The Hall–Kier alpha value is -0.570. The molecule has 0 bridgehead atoms. The SMILES string of the molecule is CCCCCCCCC(CCCCCCC)OC(=O)CN. The van der Waals surface area contributed by atoms with Crippen molar-refractivity contribution in [2.75, 3.05) is 6.54 Å². The number of carbonyl (C=O) groups excluding carboxylic acids is 1. The largest absolute Gasteiger partial charge is 0.461 e. The number of carbonyl (C=O) groups is 1. The second-order valence-electron chi connectivity index (χ2n) is 6.08. The highest BCUT2D eigenvalue weighted by Crippen LogP contribution is 2.16. The van der Waals surface area contributed by atoms with Gasteiger partial charge in [0, 0.05) is 0 Å². The lowest BCUT2D eigenvalue weighted by atomic mass is 10.0. The van der Waals surface area contributed by atoms with Gasteiger partial charge >= 0.3 is 5.97 Å². The van der Waals surface area contributed by atoms with Crippen LogP contribution in [0.4, 0.5) is 0 Å². The van der Waals surface area contributed by atoms with Crippen molar-refractivity contribution < 1.29 is 9.53 Å². The van der Waals surface area contributed by atoms with Crippen molar-refractivity contribution in [2.45, 2.75) is 103 Å². The van der Waals surface area contributed by atoms with Gasteiger partial charge in [-0.3, -0.25) is 4.79 Å². The fourth-order valence-electron chi connectivity index (χ4n) is 2.62. The Morgan fingerprint density at radius 2 is 1.24 bits per heavy atom. The zero-order chi connectivity index (χ0) is 15.8. The lowest BCUT2D eigenvalue weighted by Crippen LogP contribution is -2.24. The Morgan fingerprint density at radius 1 is 0.810 bits per heavy atom. The van der Waals surface area contributed by atoms with Gasteiger partial charge in [-0.25, -0.2) is 0 Å². The molecule has 0 aliphatic carbocycles. The van der Waals surface area contributed by atoms with E-state index in [0.29, 0.717) is 0 Å². The summed E-state index contributed by atoms with van der Waals surface area (Å²) in [5, 5.41) is 0. The van der Waals surface area contributed by atoms with Crippen LogP contribution in [0.25, 0.3) is 0 Å². The first kappa shape index (κ1) is 20.4. The summed E-state index contributed by atoms with van der Waals surface area (Å²) < 4.78 is 5.47. The summed E-state index contributed by atoms with van der Waals surface area (Å²) in [5.74, 6) is -0.250. The van der Waals surface area contributed by atoms with Crippen molar-refractivity contribution in [3.8, 4) is 0 Å². The van der Waals surface area contributed by atoms with E-state index in [9.17, 15) is 4.79 Å². The van der Waals surface area contributed by atoms with E-state index in [1.54, 1.807) is 0 Å². The van der Waals surface area contributed by atoms with E-state index in [0.717, 1.165) is 12.8 Å². The molecule has 0 aliphatic heterocycles. The zero-order valence-electron chi connectivity index (χ0n) is 14.4. The monoisotopic (exact) mass is 299 g/mol. The molecule has 0 aromatic rings. The lowest BCUT2D eigenvalue weighted by molar-refractivity contribution is -0.148. The number of ether oxygens (including phenoxy) is 1. The van der Waals surface area contributed by atoms with E-state index in [-0.39, 0.29) is 18.6 Å². The van der Waals surface area contributed by atoms with Gasteiger partial charge in [0.2, 0.25) is 0 Å². The quantitative estimate of drug-likeness (QED) is 0.343. The van der Waals surface area contributed by atoms with E-state index >= 15 is 0 Å². The molecule has 0 aromatic heterocycles. The number of hydrogen-bond acceptors (Lipinski definition) is 3. The normalized spacial score (nSPS) is 12.3. The van der Waals surface area contributed by atoms with Crippen LogP contribution >= 0.6 is 0 Å². The summed E-state index contributed by atoms with van der Waals surface area (Å²) in [6.45, 7) is 4.47. The molecule has 0 fully saturated rings. The van der Waals surface area contributed by atoms with Crippen molar-refractivity contribution >= 4 is 5.97 Å². The summed E-state index contributed by atoms with van der Waals surface area (Å²) in [6.07, 6.45) is 16.1. The van der Waals surface area contributed by atoms with Crippen molar-refractivity contribution in [1.82, 2.24) is 0 Å². The van der Waals surface area contributed by atoms with E-state index in [1.807, 2.05) is 0 Å².